The van der Waals surface area contributed by atoms with Crippen molar-refractivity contribution in [2.75, 3.05) is 27.0 Å². The molecule has 1 aromatic heterocycles. The van der Waals surface area contributed by atoms with Gasteiger partial charge in [-0.25, -0.2) is 4.79 Å². The van der Waals surface area contributed by atoms with Crippen LogP contribution in [-0.4, -0.2) is 54.5 Å². The second-order valence-corrected chi connectivity index (χ2v) is 8.95. The molecule has 2 aliphatic carbocycles. The highest BCUT2D eigenvalue weighted by Gasteiger charge is 2.67. The summed E-state index contributed by atoms with van der Waals surface area (Å²) >= 11 is 0. The van der Waals surface area contributed by atoms with Gasteiger partial charge in [-0.05, 0) is 39.7 Å². The zero-order valence-corrected chi connectivity index (χ0v) is 18.1. The first-order chi connectivity index (χ1) is 14.1. The van der Waals surface area contributed by atoms with E-state index in [2.05, 4.69) is 6.58 Å². The van der Waals surface area contributed by atoms with Crippen LogP contribution in [0.3, 0.4) is 0 Å². The van der Waals surface area contributed by atoms with Gasteiger partial charge in [-0.2, -0.15) is 0 Å². The average molecular weight is 421 g/mol. The minimum Gasteiger partial charge on any atom is -0.466 e. The molecular formula is C22H31NO7. The number of furan rings is 1. The van der Waals surface area contributed by atoms with Gasteiger partial charge in [0.2, 0.25) is 0 Å². The number of fused-ring (bicyclic) bond motifs is 3. The van der Waals surface area contributed by atoms with Gasteiger partial charge >= 0.3 is 6.09 Å². The SMILES string of the molecule is C=CCO[C@]12CCC(=O)[C@@]1(CN(COC)C(=O)OC(C)(C)C)C[C@@H](O)c1occc12. The molecule has 0 unspecified atom stereocenters. The average Bonchev–Trinajstić information content (AvgIpc) is 3.24. The number of ether oxygens (including phenoxy) is 3. The van der Waals surface area contributed by atoms with E-state index >= 15 is 0 Å². The molecule has 30 heavy (non-hydrogen) atoms. The third-order valence-electron chi connectivity index (χ3n) is 5.83. The second-order valence-electron chi connectivity index (χ2n) is 8.95. The molecule has 3 rings (SSSR count). The lowest BCUT2D eigenvalue weighted by Gasteiger charge is -2.49. The number of hydrogen-bond donors (Lipinski definition) is 1. The van der Waals surface area contributed by atoms with Crippen LogP contribution in [0.1, 0.15) is 57.5 Å². The van der Waals surface area contributed by atoms with Crippen LogP contribution in [0, 0.1) is 5.41 Å². The lowest BCUT2D eigenvalue weighted by Crippen LogP contribution is -2.58. The van der Waals surface area contributed by atoms with E-state index < -0.39 is 28.8 Å². The van der Waals surface area contributed by atoms with Crippen LogP contribution >= 0.6 is 0 Å². The molecule has 1 saturated carbocycles. The molecule has 2 aliphatic rings. The van der Waals surface area contributed by atoms with Crippen molar-refractivity contribution in [3.8, 4) is 0 Å². The second kappa shape index (κ2) is 8.17. The van der Waals surface area contributed by atoms with Gasteiger partial charge in [0, 0.05) is 25.6 Å². The number of hydrogen-bond acceptors (Lipinski definition) is 7. The van der Waals surface area contributed by atoms with Crippen LogP contribution in [-0.2, 0) is 24.6 Å². The van der Waals surface area contributed by atoms with Crippen LogP contribution < -0.4 is 0 Å². The van der Waals surface area contributed by atoms with Crippen LogP contribution in [0.2, 0.25) is 0 Å². The van der Waals surface area contributed by atoms with Crippen LogP contribution in [0.15, 0.2) is 29.4 Å². The maximum Gasteiger partial charge on any atom is 0.412 e. The van der Waals surface area contributed by atoms with Crippen LogP contribution in [0.5, 0.6) is 0 Å². The van der Waals surface area contributed by atoms with E-state index in [0.717, 1.165) is 0 Å². The van der Waals surface area contributed by atoms with E-state index in [-0.39, 0.29) is 38.5 Å². The summed E-state index contributed by atoms with van der Waals surface area (Å²) in [5, 5.41) is 10.8. The summed E-state index contributed by atoms with van der Waals surface area (Å²) in [7, 11) is 1.47. The van der Waals surface area contributed by atoms with E-state index in [4.69, 9.17) is 18.6 Å². The first kappa shape index (κ1) is 22.5. The molecule has 0 bridgehead atoms. The highest BCUT2D eigenvalue weighted by atomic mass is 16.6. The number of rotatable bonds is 7. The summed E-state index contributed by atoms with van der Waals surface area (Å²) in [6.07, 6.45) is 2.30. The van der Waals surface area contributed by atoms with Crippen LogP contribution in [0.25, 0.3) is 0 Å². The van der Waals surface area contributed by atoms with E-state index in [1.165, 1.54) is 18.3 Å². The summed E-state index contributed by atoms with van der Waals surface area (Å²) in [4.78, 5) is 27.6. The van der Waals surface area contributed by atoms with Crippen molar-refractivity contribution < 1.29 is 33.3 Å². The molecule has 8 heteroatoms. The van der Waals surface area contributed by atoms with Gasteiger partial charge in [0.25, 0.3) is 0 Å². The Morgan fingerprint density at radius 1 is 1.47 bits per heavy atom. The van der Waals surface area contributed by atoms with Gasteiger partial charge < -0.3 is 23.7 Å². The molecule has 1 heterocycles. The van der Waals surface area contributed by atoms with E-state index in [0.29, 0.717) is 17.7 Å². The van der Waals surface area contributed by atoms with Crippen molar-refractivity contribution in [3.63, 3.8) is 0 Å². The van der Waals surface area contributed by atoms with Gasteiger partial charge in [0.05, 0.1) is 18.3 Å². The minimum absolute atomic E-state index is 0.00654. The van der Waals surface area contributed by atoms with Crippen LogP contribution in [0.4, 0.5) is 4.79 Å². The van der Waals surface area contributed by atoms with E-state index in [9.17, 15) is 14.7 Å². The monoisotopic (exact) mass is 421 g/mol. The molecular weight excluding hydrogens is 390 g/mol. The molecule has 3 atom stereocenters. The Morgan fingerprint density at radius 2 is 2.20 bits per heavy atom. The Kier molecular flexibility index (Phi) is 6.13. The lowest BCUT2D eigenvalue weighted by molar-refractivity contribution is -0.169. The molecule has 1 aromatic rings. The summed E-state index contributed by atoms with van der Waals surface area (Å²) in [5.74, 6) is 0.335. The van der Waals surface area contributed by atoms with Crippen molar-refractivity contribution in [1.82, 2.24) is 4.90 Å². The Hall–Kier alpha value is -2.16. The first-order valence-corrected chi connectivity index (χ1v) is 10.1. The summed E-state index contributed by atoms with van der Waals surface area (Å²) < 4.78 is 22.6. The smallest absolute Gasteiger partial charge is 0.412 e. The highest BCUT2D eigenvalue weighted by molar-refractivity contribution is 5.90. The molecule has 0 aliphatic heterocycles. The number of Topliss-reactive ketones (excluding diaryl/α,β-unsaturated/α-hetero) is 1. The number of aliphatic hydroxyl groups is 1. The molecule has 0 spiro atoms. The zero-order valence-electron chi connectivity index (χ0n) is 18.1. The fourth-order valence-corrected chi connectivity index (χ4v) is 4.74. The van der Waals surface area contributed by atoms with Gasteiger partial charge in [-0.1, -0.05) is 6.08 Å². The van der Waals surface area contributed by atoms with Crippen molar-refractivity contribution in [1.29, 1.82) is 0 Å². The largest absolute Gasteiger partial charge is 0.466 e. The molecule has 0 aromatic carbocycles. The normalized spacial score (nSPS) is 28.0. The Labute approximate surface area is 176 Å². The number of nitrogens with zero attached hydrogens (tertiary/aromatic N) is 1. The van der Waals surface area contributed by atoms with Gasteiger partial charge in [0.15, 0.2) is 0 Å². The predicted octanol–water partition coefficient (Wildman–Crippen LogP) is 3.30. The molecule has 1 amide bonds. The topological polar surface area (TPSA) is 98.4 Å². The Balaban J connectivity index is 2.07. The third kappa shape index (κ3) is 3.68. The fraction of sp³-hybridized carbons (Fsp3) is 0.636. The Bertz CT molecular complexity index is 811. The number of carbonyl (C=O) groups excluding carboxylic acids is 2. The molecule has 0 saturated heterocycles. The standard InChI is InChI=1S/C22H31NO7/c1-6-10-29-22-9-7-17(25)21(22,12-16(24)18-15(22)8-11-28-18)13-23(14-27-5)19(26)30-20(2,3)4/h6,8,11,16,24H,1,7,9-10,12-14H2,2-5H3/t16-,21+,22+/m1/s1. The molecule has 1 N–H and O–H groups in total. The van der Waals surface area contributed by atoms with Crippen molar-refractivity contribution in [3.05, 3.63) is 36.3 Å². The van der Waals surface area contributed by atoms with Gasteiger partial charge in [-0.15, -0.1) is 6.58 Å². The van der Waals surface area contributed by atoms with E-state index in [1.807, 2.05) is 0 Å². The predicted molar refractivity (Wildman–Crippen MR) is 108 cm³/mol. The number of carbonyl (C=O) groups is 2. The fourth-order valence-electron chi connectivity index (χ4n) is 4.74. The summed E-state index contributed by atoms with van der Waals surface area (Å²) in [6.45, 7) is 9.19. The van der Waals surface area contributed by atoms with Crippen molar-refractivity contribution in [2.45, 2.75) is 57.3 Å². The quantitative estimate of drug-likeness (QED) is 0.533. The van der Waals surface area contributed by atoms with Crippen molar-refractivity contribution >= 4 is 11.9 Å². The molecule has 1 fully saturated rings. The van der Waals surface area contributed by atoms with Crippen molar-refractivity contribution in [2.24, 2.45) is 5.41 Å². The first-order valence-electron chi connectivity index (χ1n) is 10.1. The summed E-state index contributed by atoms with van der Waals surface area (Å²) in [6, 6.07) is 1.74. The molecule has 166 valence electrons. The number of ketones is 1. The number of amides is 1. The lowest BCUT2D eigenvalue weighted by atomic mass is 9.62. The zero-order chi connectivity index (χ0) is 22.2. The summed E-state index contributed by atoms with van der Waals surface area (Å²) in [5.41, 5.74) is -2.26. The number of methoxy groups -OCH3 is 1. The van der Waals surface area contributed by atoms with Gasteiger partial charge in [-0.3, -0.25) is 9.69 Å². The van der Waals surface area contributed by atoms with E-state index in [1.54, 1.807) is 32.9 Å². The third-order valence-corrected chi connectivity index (χ3v) is 5.83. The van der Waals surface area contributed by atoms with Gasteiger partial charge in [0.1, 0.15) is 35.6 Å². The minimum atomic E-state index is -1.16. The molecule has 0 radical (unpaired) electrons. The maximum atomic E-state index is 13.4. The maximum absolute atomic E-state index is 13.4. The highest BCUT2D eigenvalue weighted by Crippen LogP contribution is 2.61. The molecule has 8 nitrogen and oxygen atoms in total. The number of aliphatic hydroxyl groups excluding tert-OH is 1. The Morgan fingerprint density at radius 3 is 2.83 bits per heavy atom.